The Balaban J connectivity index is 1.99. The summed E-state index contributed by atoms with van der Waals surface area (Å²) >= 11 is 2.25. The van der Waals surface area contributed by atoms with Gasteiger partial charge < -0.3 is 10.4 Å². The summed E-state index contributed by atoms with van der Waals surface area (Å²) in [6, 6.07) is 23.8. The van der Waals surface area contributed by atoms with E-state index in [-0.39, 0.29) is 11.5 Å². The highest BCUT2D eigenvalue weighted by atomic mass is 127. The molecule has 0 saturated heterocycles. The van der Waals surface area contributed by atoms with Crippen LogP contribution in [0.15, 0.2) is 84.9 Å². The monoisotopic (exact) mass is 441 g/mol. The van der Waals surface area contributed by atoms with Gasteiger partial charge in [-0.2, -0.15) is 0 Å². The van der Waals surface area contributed by atoms with E-state index in [4.69, 9.17) is 0 Å². The Labute approximate surface area is 160 Å². The second-order valence-corrected chi connectivity index (χ2v) is 6.60. The molecule has 0 aliphatic heterocycles. The molecule has 0 aliphatic rings. The van der Waals surface area contributed by atoms with E-state index in [1.807, 2.05) is 42.5 Å². The third-order valence-corrected chi connectivity index (χ3v) is 4.60. The molecule has 0 aliphatic carbocycles. The summed E-state index contributed by atoms with van der Waals surface area (Å²) in [5.74, 6) is 0.105. The normalized spacial score (nSPS) is 11.2. The number of carbonyl (C=O) groups excluding carboxylic acids is 1. The number of nitrogens with one attached hydrogen (secondary N) is 1. The summed E-state index contributed by atoms with van der Waals surface area (Å²) < 4.78 is 1.05. The van der Waals surface area contributed by atoms with Crippen molar-refractivity contribution in [2.75, 3.05) is 5.32 Å². The fourth-order valence-corrected chi connectivity index (χ4v) is 2.88. The third-order valence-electron chi connectivity index (χ3n) is 3.66. The first-order chi connectivity index (χ1) is 12.1. The van der Waals surface area contributed by atoms with Crippen LogP contribution in [0.3, 0.4) is 0 Å². The number of benzene rings is 3. The SMILES string of the molecule is O=C(/C=C(/Nc1ccccc1I)c1ccc(O)cc1)c1ccccc1. The Kier molecular flexibility index (Phi) is 5.50. The number of hydrogen-bond donors (Lipinski definition) is 2. The first-order valence-electron chi connectivity index (χ1n) is 7.75. The predicted octanol–water partition coefficient (Wildman–Crippen LogP) is 5.33. The average molecular weight is 441 g/mol. The highest BCUT2D eigenvalue weighted by Crippen LogP contribution is 2.25. The number of phenols is 1. The van der Waals surface area contributed by atoms with Gasteiger partial charge in [-0.05, 0) is 64.6 Å². The topological polar surface area (TPSA) is 49.3 Å². The van der Waals surface area contributed by atoms with Gasteiger partial charge in [0.15, 0.2) is 5.78 Å². The quantitative estimate of drug-likeness (QED) is 0.320. The van der Waals surface area contributed by atoms with Gasteiger partial charge in [-0.15, -0.1) is 0 Å². The average Bonchev–Trinajstić information content (AvgIpc) is 2.64. The van der Waals surface area contributed by atoms with E-state index in [2.05, 4.69) is 27.9 Å². The molecule has 0 radical (unpaired) electrons. The standard InChI is InChI=1S/C21H16INO2/c22-18-8-4-5-9-19(18)23-20(15-10-12-17(24)13-11-15)14-21(25)16-6-2-1-3-7-16/h1-14,23-24H/b20-14+. The molecule has 3 aromatic carbocycles. The molecule has 0 heterocycles. The Bertz CT molecular complexity index is 903. The minimum atomic E-state index is -0.0814. The van der Waals surface area contributed by atoms with Gasteiger partial charge in [0.25, 0.3) is 0 Å². The summed E-state index contributed by atoms with van der Waals surface area (Å²) in [5.41, 5.74) is 3.05. The molecule has 3 nitrogen and oxygen atoms in total. The number of para-hydroxylation sites is 1. The van der Waals surface area contributed by atoms with Crippen molar-refractivity contribution in [3.05, 3.63) is 99.6 Å². The molecule has 2 N–H and O–H groups in total. The zero-order valence-electron chi connectivity index (χ0n) is 13.3. The van der Waals surface area contributed by atoms with Crippen LogP contribution in [0, 0.1) is 3.57 Å². The Morgan fingerprint density at radius 3 is 2.16 bits per heavy atom. The van der Waals surface area contributed by atoms with Crippen molar-refractivity contribution >= 4 is 39.8 Å². The maximum Gasteiger partial charge on any atom is 0.187 e. The molecule has 3 rings (SSSR count). The Morgan fingerprint density at radius 2 is 1.48 bits per heavy atom. The largest absolute Gasteiger partial charge is 0.508 e. The van der Waals surface area contributed by atoms with Gasteiger partial charge in [0.2, 0.25) is 0 Å². The molecule has 0 amide bonds. The molecular formula is C21H16INO2. The van der Waals surface area contributed by atoms with Gasteiger partial charge >= 0.3 is 0 Å². The lowest BCUT2D eigenvalue weighted by molar-refractivity contribution is 0.104. The van der Waals surface area contributed by atoms with Crippen molar-refractivity contribution in [2.45, 2.75) is 0 Å². The van der Waals surface area contributed by atoms with E-state index in [0.717, 1.165) is 14.8 Å². The number of halogens is 1. The van der Waals surface area contributed by atoms with Crippen LogP contribution in [-0.4, -0.2) is 10.9 Å². The van der Waals surface area contributed by atoms with E-state index in [1.54, 1.807) is 42.5 Å². The number of anilines is 1. The molecule has 124 valence electrons. The smallest absolute Gasteiger partial charge is 0.187 e. The highest BCUT2D eigenvalue weighted by molar-refractivity contribution is 14.1. The second-order valence-electron chi connectivity index (χ2n) is 5.44. The van der Waals surface area contributed by atoms with Crippen LogP contribution in [0.25, 0.3) is 5.70 Å². The third kappa shape index (κ3) is 4.48. The summed E-state index contributed by atoms with van der Waals surface area (Å²) in [6.45, 7) is 0. The molecule has 0 saturated carbocycles. The molecule has 0 fully saturated rings. The van der Waals surface area contributed by atoms with E-state index in [1.165, 1.54) is 0 Å². The lowest BCUT2D eigenvalue weighted by Crippen LogP contribution is -2.04. The van der Waals surface area contributed by atoms with Gasteiger partial charge in [0, 0.05) is 20.9 Å². The number of rotatable bonds is 5. The zero-order valence-corrected chi connectivity index (χ0v) is 15.5. The number of aromatic hydroxyl groups is 1. The zero-order chi connectivity index (χ0) is 17.6. The minimum absolute atomic E-state index is 0.0814. The molecular weight excluding hydrogens is 425 g/mol. The Morgan fingerprint density at radius 1 is 0.840 bits per heavy atom. The van der Waals surface area contributed by atoms with Crippen molar-refractivity contribution in [2.24, 2.45) is 0 Å². The van der Waals surface area contributed by atoms with Crippen molar-refractivity contribution in [3.63, 3.8) is 0 Å². The van der Waals surface area contributed by atoms with Crippen LogP contribution < -0.4 is 5.32 Å². The van der Waals surface area contributed by atoms with Crippen LogP contribution in [-0.2, 0) is 0 Å². The van der Waals surface area contributed by atoms with Crippen LogP contribution in [0.2, 0.25) is 0 Å². The molecule has 0 atom stereocenters. The fraction of sp³-hybridized carbons (Fsp3) is 0. The van der Waals surface area contributed by atoms with E-state index >= 15 is 0 Å². The van der Waals surface area contributed by atoms with Crippen LogP contribution in [0.4, 0.5) is 5.69 Å². The molecule has 0 spiro atoms. The van der Waals surface area contributed by atoms with E-state index < -0.39 is 0 Å². The van der Waals surface area contributed by atoms with Gasteiger partial charge in [-0.1, -0.05) is 42.5 Å². The van der Waals surface area contributed by atoms with Crippen molar-refractivity contribution in [3.8, 4) is 5.75 Å². The predicted molar refractivity (Wildman–Crippen MR) is 110 cm³/mol. The van der Waals surface area contributed by atoms with Gasteiger partial charge in [0.1, 0.15) is 5.75 Å². The molecule has 0 aromatic heterocycles. The van der Waals surface area contributed by atoms with Crippen molar-refractivity contribution in [1.29, 1.82) is 0 Å². The molecule has 0 unspecified atom stereocenters. The van der Waals surface area contributed by atoms with Crippen LogP contribution in [0.1, 0.15) is 15.9 Å². The first kappa shape index (κ1) is 17.2. The van der Waals surface area contributed by atoms with Gasteiger partial charge in [0.05, 0.1) is 5.69 Å². The minimum Gasteiger partial charge on any atom is -0.508 e. The van der Waals surface area contributed by atoms with Crippen LogP contribution in [0.5, 0.6) is 5.75 Å². The summed E-state index contributed by atoms with van der Waals surface area (Å²) in [4.78, 5) is 12.6. The number of hydrogen-bond acceptors (Lipinski definition) is 3. The number of carbonyl (C=O) groups is 1. The Hall–Kier alpha value is -2.60. The highest BCUT2D eigenvalue weighted by Gasteiger charge is 2.09. The van der Waals surface area contributed by atoms with E-state index in [0.29, 0.717) is 11.3 Å². The molecule has 4 heteroatoms. The summed E-state index contributed by atoms with van der Waals surface area (Å²) in [5, 5.41) is 12.9. The summed E-state index contributed by atoms with van der Waals surface area (Å²) in [7, 11) is 0. The van der Waals surface area contributed by atoms with Crippen molar-refractivity contribution < 1.29 is 9.90 Å². The summed E-state index contributed by atoms with van der Waals surface area (Å²) in [6.07, 6.45) is 1.59. The maximum atomic E-state index is 12.6. The lowest BCUT2D eigenvalue weighted by Gasteiger charge is -2.13. The van der Waals surface area contributed by atoms with Crippen LogP contribution >= 0.6 is 22.6 Å². The lowest BCUT2D eigenvalue weighted by atomic mass is 10.1. The molecule has 3 aromatic rings. The van der Waals surface area contributed by atoms with Gasteiger partial charge in [-0.25, -0.2) is 0 Å². The number of phenolic OH excluding ortho intramolecular Hbond substituents is 1. The first-order valence-corrected chi connectivity index (χ1v) is 8.83. The van der Waals surface area contributed by atoms with Crippen molar-refractivity contribution in [1.82, 2.24) is 0 Å². The van der Waals surface area contributed by atoms with Gasteiger partial charge in [-0.3, -0.25) is 4.79 Å². The number of allylic oxidation sites excluding steroid dienone is 1. The number of ketones is 1. The van der Waals surface area contributed by atoms with E-state index in [9.17, 15) is 9.90 Å². The second kappa shape index (κ2) is 7.98. The maximum absolute atomic E-state index is 12.6. The fourth-order valence-electron chi connectivity index (χ4n) is 2.36. The molecule has 0 bridgehead atoms. The molecule has 25 heavy (non-hydrogen) atoms.